The maximum atomic E-state index is 13.7. The highest BCUT2D eigenvalue weighted by atomic mass is 19.1. The fourth-order valence-corrected chi connectivity index (χ4v) is 2.73. The molecule has 1 atom stereocenters. The molecule has 0 amide bonds. The Kier molecular flexibility index (Phi) is 4.27. The van der Waals surface area contributed by atoms with Crippen LogP contribution in [-0.4, -0.2) is 36.2 Å². The van der Waals surface area contributed by atoms with Gasteiger partial charge in [0.2, 0.25) is 0 Å². The number of ether oxygens (including phenoxy) is 1. The molecule has 2 heterocycles. The zero-order valence-electron chi connectivity index (χ0n) is 12.1. The Morgan fingerprint density at radius 3 is 2.52 bits per heavy atom. The second kappa shape index (κ2) is 6.33. The van der Waals surface area contributed by atoms with Crippen molar-refractivity contribution < 1.29 is 9.13 Å². The average molecular weight is 286 g/mol. The first-order valence-corrected chi connectivity index (χ1v) is 7.27. The summed E-state index contributed by atoms with van der Waals surface area (Å²) in [5.41, 5.74) is 2.72. The van der Waals surface area contributed by atoms with Gasteiger partial charge in [-0.2, -0.15) is 0 Å². The number of hydrogen-bond acceptors (Lipinski definition) is 3. The van der Waals surface area contributed by atoms with Crippen LogP contribution in [0.4, 0.5) is 4.39 Å². The summed E-state index contributed by atoms with van der Waals surface area (Å²) >= 11 is 0. The van der Waals surface area contributed by atoms with Crippen LogP contribution in [0.15, 0.2) is 42.7 Å². The Labute approximate surface area is 124 Å². The Morgan fingerprint density at radius 2 is 1.86 bits per heavy atom. The van der Waals surface area contributed by atoms with Crippen LogP contribution in [0, 0.1) is 5.82 Å². The molecule has 2 aromatic rings. The van der Waals surface area contributed by atoms with E-state index in [-0.39, 0.29) is 5.82 Å². The lowest BCUT2D eigenvalue weighted by molar-refractivity contribution is 0.0198. The third kappa shape index (κ3) is 3.12. The number of nitrogens with zero attached hydrogens (tertiary/aromatic N) is 2. The Morgan fingerprint density at radius 1 is 1.14 bits per heavy atom. The summed E-state index contributed by atoms with van der Waals surface area (Å²) in [5, 5.41) is 0. The Bertz CT molecular complexity index is 594. The van der Waals surface area contributed by atoms with E-state index < -0.39 is 0 Å². The van der Waals surface area contributed by atoms with Gasteiger partial charge in [-0.25, -0.2) is 4.39 Å². The number of benzene rings is 1. The first-order valence-electron chi connectivity index (χ1n) is 7.27. The van der Waals surface area contributed by atoms with E-state index in [0.717, 1.165) is 31.9 Å². The topological polar surface area (TPSA) is 25.4 Å². The zero-order chi connectivity index (χ0) is 14.7. The molecule has 110 valence electrons. The number of morpholine rings is 1. The molecule has 0 radical (unpaired) electrons. The molecule has 1 saturated heterocycles. The fourth-order valence-electron chi connectivity index (χ4n) is 2.73. The maximum absolute atomic E-state index is 13.7. The first kappa shape index (κ1) is 14.2. The highest BCUT2D eigenvalue weighted by Crippen LogP contribution is 2.26. The highest BCUT2D eigenvalue weighted by Gasteiger charge is 2.18. The van der Waals surface area contributed by atoms with E-state index in [1.807, 2.05) is 12.1 Å². The van der Waals surface area contributed by atoms with Gasteiger partial charge in [-0.1, -0.05) is 24.3 Å². The molecule has 1 aromatic heterocycles. The molecule has 1 aliphatic heterocycles. The normalized spacial score (nSPS) is 17.6. The van der Waals surface area contributed by atoms with Crippen LogP contribution in [0.5, 0.6) is 0 Å². The van der Waals surface area contributed by atoms with E-state index in [2.05, 4.69) is 28.9 Å². The monoisotopic (exact) mass is 286 g/mol. The standard InChI is InChI=1S/C17H19FN2O/c1-13(20-8-10-21-11-9-20)14-2-4-15(5-3-14)16-6-7-19-12-17(16)18/h2-7,12-13H,8-11H2,1H3/t13-/m1/s1. The SMILES string of the molecule is C[C@H](c1ccc(-c2ccncc2F)cc1)N1CCOCC1. The number of pyridine rings is 1. The van der Waals surface area contributed by atoms with Crippen molar-refractivity contribution in [2.45, 2.75) is 13.0 Å². The quantitative estimate of drug-likeness (QED) is 0.866. The fraction of sp³-hybridized carbons (Fsp3) is 0.353. The van der Waals surface area contributed by atoms with Crippen molar-refractivity contribution in [2.75, 3.05) is 26.3 Å². The minimum atomic E-state index is -0.286. The summed E-state index contributed by atoms with van der Waals surface area (Å²) in [4.78, 5) is 6.19. The number of rotatable bonds is 3. The average Bonchev–Trinajstić information content (AvgIpc) is 2.56. The minimum absolute atomic E-state index is 0.286. The van der Waals surface area contributed by atoms with Gasteiger partial charge >= 0.3 is 0 Å². The molecule has 0 bridgehead atoms. The molecule has 0 unspecified atom stereocenters. The molecule has 1 aliphatic rings. The van der Waals surface area contributed by atoms with E-state index in [1.54, 1.807) is 12.3 Å². The summed E-state index contributed by atoms with van der Waals surface area (Å²) in [6.07, 6.45) is 2.86. The predicted molar refractivity (Wildman–Crippen MR) is 80.4 cm³/mol. The number of halogens is 1. The van der Waals surface area contributed by atoms with Gasteiger partial charge in [-0.3, -0.25) is 9.88 Å². The molecule has 4 heteroatoms. The van der Waals surface area contributed by atoms with Crippen LogP contribution in [0.1, 0.15) is 18.5 Å². The zero-order valence-corrected chi connectivity index (χ0v) is 12.1. The molecule has 3 nitrogen and oxygen atoms in total. The van der Waals surface area contributed by atoms with Crippen LogP contribution in [0.3, 0.4) is 0 Å². The molecule has 1 fully saturated rings. The van der Waals surface area contributed by atoms with Gasteiger partial charge in [0.05, 0.1) is 19.4 Å². The smallest absolute Gasteiger partial charge is 0.149 e. The van der Waals surface area contributed by atoms with Gasteiger partial charge in [0.1, 0.15) is 5.82 Å². The van der Waals surface area contributed by atoms with Gasteiger partial charge in [0, 0.05) is 30.9 Å². The second-order valence-electron chi connectivity index (χ2n) is 5.30. The predicted octanol–water partition coefficient (Wildman–Crippen LogP) is 3.28. The number of hydrogen-bond donors (Lipinski definition) is 0. The molecule has 0 N–H and O–H groups in total. The largest absolute Gasteiger partial charge is 0.379 e. The van der Waals surface area contributed by atoms with Crippen molar-refractivity contribution in [1.29, 1.82) is 0 Å². The van der Waals surface area contributed by atoms with Gasteiger partial charge in [0.15, 0.2) is 0 Å². The van der Waals surface area contributed by atoms with E-state index in [9.17, 15) is 4.39 Å². The molecular formula is C17H19FN2O. The summed E-state index contributed by atoms with van der Waals surface area (Å²) in [5.74, 6) is -0.286. The summed E-state index contributed by atoms with van der Waals surface area (Å²) in [7, 11) is 0. The summed E-state index contributed by atoms with van der Waals surface area (Å²) in [6, 6.07) is 10.2. The Hall–Kier alpha value is -1.78. The summed E-state index contributed by atoms with van der Waals surface area (Å²) < 4.78 is 19.1. The first-order chi connectivity index (χ1) is 10.3. The lowest BCUT2D eigenvalue weighted by Gasteiger charge is -2.32. The van der Waals surface area contributed by atoms with Crippen molar-refractivity contribution in [3.8, 4) is 11.1 Å². The van der Waals surface area contributed by atoms with Crippen molar-refractivity contribution >= 4 is 0 Å². The molecule has 3 rings (SSSR count). The molecular weight excluding hydrogens is 267 g/mol. The third-order valence-electron chi connectivity index (χ3n) is 4.07. The van der Waals surface area contributed by atoms with Crippen LogP contribution in [0.25, 0.3) is 11.1 Å². The Balaban J connectivity index is 1.79. The van der Waals surface area contributed by atoms with Gasteiger partial charge < -0.3 is 4.74 Å². The second-order valence-corrected chi connectivity index (χ2v) is 5.30. The lowest BCUT2D eigenvalue weighted by Crippen LogP contribution is -2.37. The molecule has 21 heavy (non-hydrogen) atoms. The van der Waals surface area contributed by atoms with Crippen LogP contribution in [0.2, 0.25) is 0 Å². The minimum Gasteiger partial charge on any atom is -0.379 e. The van der Waals surface area contributed by atoms with E-state index in [4.69, 9.17) is 4.74 Å². The van der Waals surface area contributed by atoms with Gasteiger partial charge in [-0.15, -0.1) is 0 Å². The van der Waals surface area contributed by atoms with Crippen LogP contribution < -0.4 is 0 Å². The van der Waals surface area contributed by atoms with Gasteiger partial charge in [0.25, 0.3) is 0 Å². The molecule has 0 saturated carbocycles. The van der Waals surface area contributed by atoms with E-state index in [1.165, 1.54) is 11.8 Å². The molecule has 0 spiro atoms. The maximum Gasteiger partial charge on any atom is 0.149 e. The van der Waals surface area contributed by atoms with Crippen molar-refractivity contribution in [1.82, 2.24) is 9.88 Å². The van der Waals surface area contributed by atoms with Crippen molar-refractivity contribution in [3.63, 3.8) is 0 Å². The van der Waals surface area contributed by atoms with Crippen LogP contribution >= 0.6 is 0 Å². The molecule has 0 aliphatic carbocycles. The molecule has 1 aromatic carbocycles. The third-order valence-corrected chi connectivity index (χ3v) is 4.07. The van der Waals surface area contributed by atoms with Crippen molar-refractivity contribution in [2.24, 2.45) is 0 Å². The lowest BCUT2D eigenvalue weighted by atomic mass is 10.0. The number of aromatic nitrogens is 1. The van der Waals surface area contributed by atoms with E-state index >= 15 is 0 Å². The summed E-state index contributed by atoms with van der Waals surface area (Å²) in [6.45, 7) is 5.71. The highest BCUT2D eigenvalue weighted by molar-refractivity contribution is 5.63. The van der Waals surface area contributed by atoms with Gasteiger partial charge in [-0.05, 0) is 24.1 Å². The van der Waals surface area contributed by atoms with E-state index in [0.29, 0.717) is 11.6 Å². The van der Waals surface area contributed by atoms with Crippen LogP contribution in [-0.2, 0) is 4.74 Å². The van der Waals surface area contributed by atoms with Crippen molar-refractivity contribution in [3.05, 3.63) is 54.1 Å².